The lowest BCUT2D eigenvalue weighted by atomic mass is 9.82. The van der Waals surface area contributed by atoms with Crippen molar-refractivity contribution in [1.82, 2.24) is 31.5 Å². The van der Waals surface area contributed by atoms with Crippen molar-refractivity contribution in [2.24, 2.45) is 22.7 Å². The number of fused-ring (bicyclic) bond motifs is 1. The zero-order valence-electron chi connectivity index (χ0n) is 30.0. The molecule has 2 aliphatic carbocycles. The number of carbonyl (C=O) groups is 7. The first-order valence-corrected chi connectivity index (χ1v) is 17.2. The third-order valence-electron chi connectivity index (χ3n) is 9.52. The lowest BCUT2D eigenvalue weighted by molar-refractivity contribution is -0.146. The Hall–Kier alpha value is -3.71. The molecule has 2 saturated carbocycles. The molecule has 14 heteroatoms. The summed E-state index contributed by atoms with van der Waals surface area (Å²) in [6.07, 6.45) is 4.20. The molecule has 0 radical (unpaired) electrons. The predicted octanol–water partition coefficient (Wildman–Crippen LogP) is 1.55. The Morgan fingerprint density at radius 1 is 0.812 bits per heavy atom. The average molecular weight is 677 g/mol. The smallest absolute Gasteiger partial charge is 0.407 e. The van der Waals surface area contributed by atoms with E-state index < -0.39 is 82.5 Å². The van der Waals surface area contributed by atoms with E-state index in [9.17, 15) is 33.6 Å². The summed E-state index contributed by atoms with van der Waals surface area (Å²) in [5.41, 5.74) is -1.57. The van der Waals surface area contributed by atoms with E-state index in [0.717, 1.165) is 32.1 Å². The van der Waals surface area contributed by atoms with E-state index in [2.05, 4.69) is 31.3 Å². The molecule has 0 aromatic heterocycles. The van der Waals surface area contributed by atoms with Crippen molar-refractivity contribution in [3.63, 3.8) is 0 Å². The van der Waals surface area contributed by atoms with E-state index in [1.807, 2.05) is 27.7 Å². The fourth-order valence-corrected chi connectivity index (χ4v) is 6.61. The summed E-state index contributed by atoms with van der Waals surface area (Å²) in [5.74, 6) is -3.55. The van der Waals surface area contributed by atoms with Crippen LogP contribution < -0.4 is 26.6 Å². The number of ketones is 1. The molecule has 7 atom stereocenters. The van der Waals surface area contributed by atoms with Crippen LogP contribution in [0.25, 0.3) is 0 Å². The second-order valence-corrected chi connectivity index (χ2v) is 15.7. The second kappa shape index (κ2) is 15.7. The molecule has 3 rings (SSSR count). The summed E-state index contributed by atoms with van der Waals surface area (Å²) in [6.45, 7) is 14.4. The third kappa shape index (κ3) is 9.68. The number of nitrogens with one attached hydrogen (secondary N) is 5. The van der Waals surface area contributed by atoms with Crippen LogP contribution in [-0.4, -0.2) is 96.2 Å². The van der Waals surface area contributed by atoms with Gasteiger partial charge in [-0.25, -0.2) is 4.79 Å². The van der Waals surface area contributed by atoms with Crippen molar-refractivity contribution in [3.8, 4) is 0 Å². The lowest BCUT2D eigenvalue weighted by Gasteiger charge is -2.38. The van der Waals surface area contributed by atoms with Crippen molar-refractivity contribution in [1.29, 1.82) is 0 Å². The molecule has 0 spiro atoms. The number of alkyl carbamates (subject to hydrolysis) is 1. The number of amides is 6. The topological polar surface area (TPSA) is 192 Å². The molecule has 1 saturated heterocycles. The number of hydrogen-bond donors (Lipinski definition) is 5. The normalized spacial score (nSPS) is 23.1. The second-order valence-electron chi connectivity index (χ2n) is 15.7. The number of carbonyl (C=O) groups excluding carboxylic acids is 7. The number of nitrogens with zero attached hydrogens (tertiary/aromatic N) is 1. The monoisotopic (exact) mass is 676 g/mol. The van der Waals surface area contributed by atoms with Gasteiger partial charge in [0.1, 0.15) is 24.2 Å². The summed E-state index contributed by atoms with van der Waals surface area (Å²) < 4.78 is 4.57. The number of hydrogen-bond acceptors (Lipinski definition) is 8. The van der Waals surface area contributed by atoms with Crippen LogP contribution >= 0.6 is 0 Å². The standard InChI is InChI=1S/C34H56N6O8/c1-10-12-22(24(41)29(44)36-20-15-16-20)37-28(43)23-21-14-11-13-19(21)17-40(23)31(46)26(34(6,7)8)39-30(45)25(33(3,4)5)38-27(42)18(2)35-32(47)48-9/h18-23,25-26H,10-17H2,1-9H3,(H,35,47)(H,36,44)(H,37,43)(H,38,42)(H,39,45)/t18-,19-,21-,22-,23?,25+,26+/m0/s1. The van der Waals surface area contributed by atoms with Gasteiger partial charge in [0.15, 0.2) is 0 Å². The highest BCUT2D eigenvalue weighted by Crippen LogP contribution is 2.43. The van der Waals surface area contributed by atoms with Crippen molar-refractivity contribution >= 4 is 41.4 Å². The van der Waals surface area contributed by atoms with Crippen LogP contribution in [0.3, 0.4) is 0 Å². The molecule has 0 aromatic rings. The van der Waals surface area contributed by atoms with Gasteiger partial charge in [-0.2, -0.15) is 0 Å². The quantitative estimate of drug-likeness (QED) is 0.182. The first kappa shape index (κ1) is 38.7. The summed E-state index contributed by atoms with van der Waals surface area (Å²) in [7, 11) is 1.17. The maximum absolute atomic E-state index is 14.5. The Labute approximate surface area is 284 Å². The molecule has 6 amide bonds. The zero-order valence-corrected chi connectivity index (χ0v) is 30.0. The molecule has 1 heterocycles. The molecule has 1 aliphatic heterocycles. The Bertz CT molecular complexity index is 1250. The van der Waals surface area contributed by atoms with E-state index in [0.29, 0.717) is 13.0 Å². The minimum atomic E-state index is -1.08. The van der Waals surface area contributed by atoms with E-state index in [-0.39, 0.29) is 24.3 Å². The van der Waals surface area contributed by atoms with Crippen molar-refractivity contribution in [2.45, 2.75) is 137 Å². The van der Waals surface area contributed by atoms with Crippen molar-refractivity contribution < 1.29 is 38.3 Å². The Kier molecular flexibility index (Phi) is 12.6. The summed E-state index contributed by atoms with van der Waals surface area (Å²) in [6, 6.07) is -5.02. The number of Topliss-reactive ketones (excluding diaryl/α,β-unsaturated/α-hetero) is 1. The van der Waals surface area contributed by atoms with E-state index in [1.165, 1.54) is 18.9 Å². The van der Waals surface area contributed by atoms with Gasteiger partial charge in [0.25, 0.3) is 5.91 Å². The number of ether oxygens (including phenoxy) is 1. The van der Waals surface area contributed by atoms with Crippen LogP contribution in [0.2, 0.25) is 0 Å². The molecule has 3 fully saturated rings. The predicted molar refractivity (Wildman–Crippen MR) is 177 cm³/mol. The largest absolute Gasteiger partial charge is 0.453 e. The maximum Gasteiger partial charge on any atom is 0.407 e. The van der Waals surface area contributed by atoms with Crippen LogP contribution in [0.4, 0.5) is 4.79 Å². The van der Waals surface area contributed by atoms with Gasteiger partial charge in [0, 0.05) is 12.6 Å². The number of methoxy groups -OCH3 is 1. The summed E-state index contributed by atoms with van der Waals surface area (Å²) in [4.78, 5) is 94.2. The molecule has 1 unspecified atom stereocenters. The molecular weight excluding hydrogens is 620 g/mol. The fraction of sp³-hybridized carbons (Fsp3) is 0.794. The highest BCUT2D eigenvalue weighted by molar-refractivity contribution is 6.38. The lowest BCUT2D eigenvalue weighted by Crippen LogP contribution is -2.63. The SMILES string of the molecule is CCC[C@H](NC(=O)C1[C@H]2CCC[C@H]2CN1C(=O)[C@@H](NC(=O)[C@@H](NC(=O)[C@H](C)NC(=O)OC)C(C)(C)C)C(C)(C)C)C(=O)C(=O)NC1CC1. The molecule has 0 bridgehead atoms. The molecular formula is C34H56N6O8. The van der Waals surface area contributed by atoms with Gasteiger partial charge in [-0.05, 0) is 61.7 Å². The first-order chi connectivity index (χ1) is 22.3. The average Bonchev–Trinajstić information content (AvgIpc) is 3.56. The molecule has 14 nitrogen and oxygen atoms in total. The van der Waals surface area contributed by atoms with Gasteiger partial charge < -0.3 is 36.2 Å². The fourth-order valence-electron chi connectivity index (χ4n) is 6.61. The van der Waals surface area contributed by atoms with Crippen molar-refractivity contribution in [2.75, 3.05) is 13.7 Å². The summed E-state index contributed by atoms with van der Waals surface area (Å²) in [5, 5.41) is 13.5. The summed E-state index contributed by atoms with van der Waals surface area (Å²) >= 11 is 0. The first-order valence-electron chi connectivity index (χ1n) is 17.2. The minimum absolute atomic E-state index is 0.00251. The zero-order chi connectivity index (χ0) is 36.1. The molecule has 5 N–H and O–H groups in total. The minimum Gasteiger partial charge on any atom is -0.453 e. The molecule has 48 heavy (non-hydrogen) atoms. The van der Waals surface area contributed by atoms with E-state index in [1.54, 1.807) is 20.8 Å². The molecule has 3 aliphatic rings. The number of rotatable bonds is 13. The van der Waals surface area contributed by atoms with E-state index in [4.69, 9.17) is 0 Å². The Balaban J connectivity index is 1.84. The molecule has 270 valence electrons. The van der Waals surface area contributed by atoms with Crippen LogP contribution in [0.1, 0.15) is 100 Å². The van der Waals surface area contributed by atoms with Gasteiger partial charge in [0.2, 0.25) is 29.4 Å². The molecule has 0 aromatic carbocycles. The van der Waals surface area contributed by atoms with Crippen LogP contribution in [0, 0.1) is 22.7 Å². The number of likely N-dealkylation sites (tertiary alicyclic amines) is 1. The van der Waals surface area contributed by atoms with Crippen molar-refractivity contribution in [3.05, 3.63) is 0 Å². The van der Waals surface area contributed by atoms with Crippen LogP contribution in [-0.2, 0) is 33.5 Å². The van der Waals surface area contributed by atoms with E-state index >= 15 is 0 Å². The van der Waals surface area contributed by atoms with Crippen LogP contribution in [0.15, 0.2) is 0 Å². The van der Waals surface area contributed by atoms with Gasteiger partial charge in [-0.3, -0.25) is 28.8 Å². The van der Waals surface area contributed by atoms with Gasteiger partial charge >= 0.3 is 6.09 Å². The Morgan fingerprint density at radius 3 is 1.96 bits per heavy atom. The third-order valence-corrected chi connectivity index (χ3v) is 9.52. The van der Waals surface area contributed by atoms with Crippen LogP contribution in [0.5, 0.6) is 0 Å². The van der Waals surface area contributed by atoms with Gasteiger partial charge in [0.05, 0.1) is 13.2 Å². The maximum atomic E-state index is 14.5. The van der Waals surface area contributed by atoms with Gasteiger partial charge in [-0.15, -0.1) is 0 Å². The highest BCUT2D eigenvalue weighted by atomic mass is 16.5. The highest BCUT2D eigenvalue weighted by Gasteiger charge is 2.52. The Morgan fingerprint density at radius 2 is 1.42 bits per heavy atom. The van der Waals surface area contributed by atoms with Gasteiger partial charge in [-0.1, -0.05) is 61.3 Å².